The Morgan fingerprint density at radius 2 is 1.77 bits per heavy atom. The molecule has 0 bridgehead atoms. The Balaban J connectivity index is 1.83. The number of aromatic hydroxyl groups is 1. The average molecular weight is 409 g/mol. The third-order valence-corrected chi connectivity index (χ3v) is 4.90. The van der Waals surface area contributed by atoms with E-state index in [9.17, 15) is 5.11 Å². The van der Waals surface area contributed by atoms with Crippen molar-refractivity contribution in [2.24, 2.45) is 10.2 Å². The van der Waals surface area contributed by atoms with Crippen molar-refractivity contribution in [1.29, 1.82) is 0 Å². The number of rotatable bonds is 2. The second-order valence-electron chi connectivity index (χ2n) is 6.49. The van der Waals surface area contributed by atoms with Gasteiger partial charge >= 0.3 is 0 Å². The highest BCUT2D eigenvalue weighted by Crippen LogP contribution is 2.37. The molecule has 2 heterocycles. The highest BCUT2D eigenvalue weighted by Gasteiger charge is 2.11. The van der Waals surface area contributed by atoms with E-state index in [2.05, 4.69) is 55.2 Å². The highest BCUT2D eigenvalue weighted by atomic mass is 79.9. The predicted octanol–water partition coefficient (Wildman–Crippen LogP) is 6.52. The van der Waals surface area contributed by atoms with Crippen LogP contribution in [0.1, 0.15) is 16.7 Å². The summed E-state index contributed by atoms with van der Waals surface area (Å²) in [7, 11) is 0. The van der Waals surface area contributed by atoms with Gasteiger partial charge in [0.05, 0.1) is 11.0 Å². The molecule has 0 saturated heterocycles. The van der Waals surface area contributed by atoms with Gasteiger partial charge < -0.3 is 10.1 Å². The van der Waals surface area contributed by atoms with Gasteiger partial charge in [0.2, 0.25) is 5.88 Å². The molecular formula is C20H17BrN4O. The van der Waals surface area contributed by atoms with Crippen LogP contribution in [0.15, 0.2) is 51.1 Å². The number of nitrogens with zero attached hydrogens (tertiary/aromatic N) is 3. The summed E-state index contributed by atoms with van der Waals surface area (Å²) in [6.45, 7) is 6.17. The number of aromatic amines is 1. The van der Waals surface area contributed by atoms with Crippen molar-refractivity contribution in [3.8, 4) is 5.88 Å². The van der Waals surface area contributed by atoms with Crippen molar-refractivity contribution in [3.05, 3.63) is 57.6 Å². The molecule has 0 aliphatic heterocycles. The van der Waals surface area contributed by atoms with Crippen LogP contribution in [0.4, 0.5) is 11.5 Å². The van der Waals surface area contributed by atoms with E-state index in [1.165, 1.54) is 5.56 Å². The summed E-state index contributed by atoms with van der Waals surface area (Å²) in [6, 6.07) is 11.8. The van der Waals surface area contributed by atoms with Gasteiger partial charge in [-0.15, -0.1) is 10.2 Å². The molecule has 2 N–H and O–H groups in total. The van der Waals surface area contributed by atoms with E-state index in [0.29, 0.717) is 11.5 Å². The first-order valence-corrected chi connectivity index (χ1v) is 9.02. The van der Waals surface area contributed by atoms with Crippen molar-refractivity contribution in [1.82, 2.24) is 9.97 Å². The molecule has 0 fully saturated rings. The lowest BCUT2D eigenvalue weighted by Crippen LogP contribution is -1.89. The van der Waals surface area contributed by atoms with Crippen LogP contribution in [-0.4, -0.2) is 15.1 Å². The number of aryl methyl sites for hydroxylation is 3. The van der Waals surface area contributed by atoms with Crippen molar-refractivity contribution in [2.75, 3.05) is 0 Å². The van der Waals surface area contributed by atoms with E-state index < -0.39 is 0 Å². The maximum absolute atomic E-state index is 10.2. The second kappa shape index (κ2) is 6.21. The largest absolute Gasteiger partial charge is 0.493 e. The number of azo groups is 1. The van der Waals surface area contributed by atoms with Crippen LogP contribution in [-0.2, 0) is 0 Å². The Kier molecular flexibility index (Phi) is 4.00. The Morgan fingerprint density at radius 1 is 0.962 bits per heavy atom. The van der Waals surface area contributed by atoms with Gasteiger partial charge in [0.1, 0.15) is 0 Å². The number of H-pyrrole nitrogens is 1. The van der Waals surface area contributed by atoms with Crippen molar-refractivity contribution >= 4 is 49.2 Å². The molecule has 0 spiro atoms. The molecule has 4 aromatic rings. The number of nitrogens with one attached hydrogen (secondary N) is 1. The average Bonchev–Trinajstić information content (AvgIpc) is 2.89. The van der Waals surface area contributed by atoms with Crippen molar-refractivity contribution in [2.45, 2.75) is 20.8 Å². The fourth-order valence-corrected chi connectivity index (χ4v) is 3.58. The minimum Gasteiger partial charge on any atom is -0.493 e. The first-order chi connectivity index (χ1) is 12.4. The SMILES string of the molecule is Cc1cc(C)c2nc(N=Nc3c(O)[nH]c4ccc(Br)cc34)cc(C)c2c1. The van der Waals surface area contributed by atoms with Crippen LogP contribution in [0.2, 0.25) is 0 Å². The maximum atomic E-state index is 10.2. The van der Waals surface area contributed by atoms with E-state index in [1.807, 2.05) is 38.1 Å². The highest BCUT2D eigenvalue weighted by molar-refractivity contribution is 9.10. The summed E-state index contributed by atoms with van der Waals surface area (Å²) in [4.78, 5) is 7.55. The van der Waals surface area contributed by atoms with Crippen molar-refractivity contribution in [3.63, 3.8) is 0 Å². The zero-order chi connectivity index (χ0) is 18.4. The van der Waals surface area contributed by atoms with Gasteiger partial charge in [0.25, 0.3) is 0 Å². The summed E-state index contributed by atoms with van der Waals surface area (Å²) in [5.74, 6) is 0.511. The third-order valence-electron chi connectivity index (χ3n) is 4.41. The van der Waals surface area contributed by atoms with Gasteiger partial charge in [0.15, 0.2) is 11.5 Å². The monoisotopic (exact) mass is 408 g/mol. The Bertz CT molecular complexity index is 1190. The first kappa shape index (κ1) is 16.7. The molecule has 0 aliphatic carbocycles. The number of benzene rings is 2. The third kappa shape index (κ3) is 2.86. The van der Waals surface area contributed by atoms with Crippen LogP contribution in [0.3, 0.4) is 0 Å². The topological polar surface area (TPSA) is 73.6 Å². The van der Waals surface area contributed by atoms with Gasteiger partial charge in [-0.1, -0.05) is 27.6 Å². The van der Waals surface area contributed by atoms with Crippen molar-refractivity contribution < 1.29 is 5.11 Å². The maximum Gasteiger partial charge on any atom is 0.218 e. The number of halogens is 1. The zero-order valence-electron chi connectivity index (χ0n) is 14.6. The molecule has 5 nitrogen and oxygen atoms in total. The number of pyridine rings is 1. The number of hydrogen-bond donors (Lipinski definition) is 2. The van der Waals surface area contributed by atoms with Crippen LogP contribution in [0.5, 0.6) is 5.88 Å². The summed E-state index contributed by atoms with van der Waals surface area (Å²) in [5, 5.41) is 20.6. The van der Waals surface area contributed by atoms with E-state index in [-0.39, 0.29) is 5.88 Å². The van der Waals surface area contributed by atoms with Crippen LogP contribution >= 0.6 is 15.9 Å². The van der Waals surface area contributed by atoms with Gasteiger partial charge in [-0.05, 0) is 62.2 Å². The molecule has 0 radical (unpaired) electrons. The lowest BCUT2D eigenvalue weighted by molar-refractivity contribution is 0.459. The zero-order valence-corrected chi connectivity index (χ0v) is 16.2. The molecule has 4 rings (SSSR count). The van der Waals surface area contributed by atoms with E-state index in [4.69, 9.17) is 0 Å². The molecule has 2 aromatic carbocycles. The van der Waals surface area contributed by atoms with Crippen LogP contribution < -0.4 is 0 Å². The molecular weight excluding hydrogens is 392 g/mol. The molecule has 0 amide bonds. The minimum atomic E-state index is -0.00818. The molecule has 0 aliphatic rings. The molecule has 0 unspecified atom stereocenters. The van der Waals surface area contributed by atoms with Gasteiger partial charge in [-0.2, -0.15) is 0 Å². The van der Waals surface area contributed by atoms with Gasteiger partial charge in [-0.25, -0.2) is 4.98 Å². The van der Waals surface area contributed by atoms with E-state index in [1.54, 1.807) is 0 Å². The van der Waals surface area contributed by atoms with Gasteiger partial charge in [-0.3, -0.25) is 0 Å². The standard InChI is InChI=1S/C20H17BrN4O/c1-10-6-12(3)18-14(7-10)11(2)8-17(23-18)24-25-19-15-9-13(21)4-5-16(15)22-20(19)26/h4-9,22,26H,1-3H3. The summed E-state index contributed by atoms with van der Waals surface area (Å²) < 4.78 is 0.908. The molecule has 0 saturated carbocycles. The minimum absolute atomic E-state index is 0.00818. The second-order valence-corrected chi connectivity index (χ2v) is 7.40. The lowest BCUT2D eigenvalue weighted by Gasteiger charge is -2.07. The van der Waals surface area contributed by atoms with Crippen LogP contribution in [0.25, 0.3) is 21.8 Å². The Labute approximate surface area is 158 Å². The fourth-order valence-electron chi connectivity index (χ4n) is 3.22. The molecule has 2 aromatic heterocycles. The summed E-state index contributed by atoms with van der Waals surface area (Å²) >= 11 is 3.44. The number of hydrogen-bond acceptors (Lipinski definition) is 4. The Hall–Kier alpha value is -2.73. The predicted molar refractivity (Wildman–Crippen MR) is 108 cm³/mol. The molecule has 6 heteroatoms. The Morgan fingerprint density at radius 3 is 2.58 bits per heavy atom. The van der Waals surface area contributed by atoms with E-state index >= 15 is 0 Å². The molecule has 130 valence electrons. The molecule has 0 atom stereocenters. The molecule has 26 heavy (non-hydrogen) atoms. The summed E-state index contributed by atoms with van der Waals surface area (Å²) in [6.07, 6.45) is 0. The lowest BCUT2D eigenvalue weighted by atomic mass is 10.0. The van der Waals surface area contributed by atoms with Crippen LogP contribution in [0, 0.1) is 20.8 Å². The smallest absolute Gasteiger partial charge is 0.218 e. The van der Waals surface area contributed by atoms with E-state index in [0.717, 1.165) is 37.4 Å². The normalized spacial score (nSPS) is 11.8. The number of aromatic nitrogens is 2. The van der Waals surface area contributed by atoms with Gasteiger partial charge in [0, 0.05) is 15.2 Å². The first-order valence-electron chi connectivity index (χ1n) is 8.23. The summed E-state index contributed by atoms with van der Waals surface area (Å²) in [5.41, 5.74) is 5.55. The quantitative estimate of drug-likeness (QED) is 0.370. The fraction of sp³-hybridized carbons (Fsp3) is 0.150. The number of fused-ring (bicyclic) bond motifs is 2.